The maximum absolute atomic E-state index is 9.33. The van der Waals surface area contributed by atoms with Gasteiger partial charge in [-0.05, 0) is 47.0 Å². The van der Waals surface area contributed by atoms with E-state index in [0.29, 0.717) is 0 Å². The van der Waals surface area contributed by atoms with E-state index in [2.05, 4.69) is 95.5 Å². The summed E-state index contributed by atoms with van der Waals surface area (Å²) in [6, 6.07) is 20.7. The van der Waals surface area contributed by atoms with Crippen LogP contribution in [-0.4, -0.2) is 36.3 Å². The second-order valence-corrected chi connectivity index (χ2v) is 14.1. The first kappa shape index (κ1) is 25.5. The maximum atomic E-state index is 9.33. The minimum Gasteiger partial charge on any atom is -0.378 e. The Morgan fingerprint density at radius 2 is 1.18 bits per heavy atom. The monoisotopic (exact) mass is 452 g/mol. The molecule has 0 aliphatic heterocycles. The van der Waals surface area contributed by atoms with E-state index in [1.807, 2.05) is 40.3 Å². The Morgan fingerprint density at radius 1 is 0.758 bits per heavy atom. The zero-order chi connectivity index (χ0) is 24.6. The van der Waals surface area contributed by atoms with Crippen LogP contribution < -0.4 is 9.80 Å². The molecule has 5 heteroatoms. The molecule has 2 rings (SSSR count). The van der Waals surface area contributed by atoms with Crippen LogP contribution in [-0.2, 0) is 0 Å². The molecule has 0 heterocycles. The average Bonchev–Trinajstić information content (AvgIpc) is 2.78. The molecule has 33 heavy (non-hydrogen) atoms. The molecule has 0 aliphatic carbocycles. The Hall–Kier alpha value is -3.72. The fourth-order valence-corrected chi connectivity index (χ4v) is 3.73. The molecular weight excluding hydrogens is 420 g/mol. The first-order valence-corrected chi connectivity index (χ1v) is 14.4. The van der Waals surface area contributed by atoms with Crippen molar-refractivity contribution in [2.45, 2.75) is 19.6 Å². The van der Waals surface area contributed by atoms with E-state index < -0.39 is 8.07 Å². The molecule has 168 valence electrons. The molecule has 0 bridgehead atoms. The number of nitrogens with zero attached hydrogens (tertiary/aromatic N) is 4. The van der Waals surface area contributed by atoms with E-state index in [1.54, 1.807) is 6.08 Å². The Morgan fingerprint density at radius 3 is 1.52 bits per heavy atom. The SMILES string of the molecule is CN(C)c1ccc(C(=CC(C#C[Si](C)(C)C)C=C(C#N)C#N)c2ccc(N(C)C)cc2)cc1. The standard InChI is InChI=1S/C28H32N4Si/c1-31(2)26-12-8-24(9-13-26)28(25-10-14-27(15-11-25)32(3)4)19-22(16-17-33(5,6)7)18-23(20-29)21-30/h8-15,18-19,22H,1-7H3. The third-order valence-corrected chi connectivity index (χ3v) is 5.83. The predicted octanol–water partition coefficient (Wildman–Crippen LogP) is 5.72. The van der Waals surface area contributed by atoms with Crippen molar-refractivity contribution in [3.8, 4) is 23.6 Å². The van der Waals surface area contributed by atoms with Gasteiger partial charge in [-0.1, -0.05) is 55.9 Å². The third-order valence-electron chi connectivity index (χ3n) is 4.94. The van der Waals surface area contributed by atoms with Crippen molar-refractivity contribution in [1.82, 2.24) is 0 Å². The van der Waals surface area contributed by atoms with Crippen molar-refractivity contribution in [3.05, 3.63) is 77.4 Å². The van der Waals surface area contributed by atoms with Gasteiger partial charge in [0, 0.05) is 39.6 Å². The summed E-state index contributed by atoms with van der Waals surface area (Å²) >= 11 is 0. The summed E-state index contributed by atoms with van der Waals surface area (Å²) in [4.78, 5) is 4.13. The number of benzene rings is 2. The molecule has 0 saturated carbocycles. The molecule has 0 fully saturated rings. The highest BCUT2D eigenvalue weighted by Gasteiger charge is 2.12. The first-order chi connectivity index (χ1) is 15.5. The van der Waals surface area contributed by atoms with Gasteiger partial charge in [0.05, 0.1) is 5.92 Å². The van der Waals surface area contributed by atoms with Crippen LogP contribution in [0.3, 0.4) is 0 Å². The van der Waals surface area contributed by atoms with Crippen molar-refractivity contribution >= 4 is 25.0 Å². The zero-order valence-corrected chi connectivity index (χ0v) is 21.6. The van der Waals surface area contributed by atoms with Crippen LogP contribution in [0.1, 0.15) is 11.1 Å². The van der Waals surface area contributed by atoms with Gasteiger partial charge in [0.25, 0.3) is 0 Å². The molecule has 2 aromatic carbocycles. The Balaban J connectivity index is 2.70. The second-order valence-electron chi connectivity index (χ2n) is 9.31. The number of hydrogen-bond donors (Lipinski definition) is 0. The summed E-state index contributed by atoms with van der Waals surface area (Å²) in [5, 5.41) is 18.7. The molecule has 0 radical (unpaired) electrons. The summed E-state index contributed by atoms with van der Waals surface area (Å²) < 4.78 is 0. The normalized spacial score (nSPS) is 11.1. The molecule has 4 nitrogen and oxygen atoms in total. The van der Waals surface area contributed by atoms with Crippen LogP contribution in [0.25, 0.3) is 5.57 Å². The van der Waals surface area contributed by atoms with Crippen molar-refractivity contribution in [1.29, 1.82) is 10.5 Å². The quantitative estimate of drug-likeness (QED) is 0.319. The van der Waals surface area contributed by atoms with Crippen LogP contribution >= 0.6 is 0 Å². The van der Waals surface area contributed by atoms with Gasteiger partial charge in [0.1, 0.15) is 25.8 Å². The molecule has 0 aromatic heterocycles. The van der Waals surface area contributed by atoms with E-state index in [-0.39, 0.29) is 11.5 Å². The van der Waals surface area contributed by atoms with Crippen molar-refractivity contribution in [2.24, 2.45) is 5.92 Å². The largest absolute Gasteiger partial charge is 0.378 e. The molecule has 1 unspecified atom stereocenters. The highest BCUT2D eigenvalue weighted by atomic mass is 28.3. The Kier molecular flexibility index (Phi) is 8.69. The minimum absolute atomic E-state index is 0.0754. The molecule has 0 amide bonds. The summed E-state index contributed by atoms with van der Waals surface area (Å²) in [6.07, 6.45) is 3.73. The topological polar surface area (TPSA) is 54.1 Å². The second kappa shape index (κ2) is 11.2. The summed E-state index contributed by atoms with van der Waals surface area (Å²) in [5.41, 5.74) is 8.85. The zero-order valence-electron chi connectivity index (χ0n) is 20.6. The van der Waals surface area contributed by atoms with Crippen LogP contribution in [0.2, 0.25) is 19.6 Å². The van der Waals surface area contributed by atoms with E-state index >= 15 is 0 Å². The first-order valence-electron chi connectivity index (χ1n) is 10.9. The lowest BCUT2D eigenvalue weighted by atomic mass is 9.93. The van der Waals surface area contributed by atoms with Gasteiger partial charge >= 0.3 is 0 Å². The number of rotatable bonds is 6. The van der Waals surface area contributed by atoms with Crippen molar-refractivity contribution in [3.63, 3.8) is 0 Å². The molecule has 0 aliphatic rings. The van der Waals surface area contributed by atoms with E-state index in [9.17, 15) is 10.5 Å². The fourth-order valence-electron chi connectivity index (χ4n) is 3.13. The van der Waals surface area contributed by atoms with Gasteiger partial charge < -0.3 is 9.80 Å². The highest BCUT2D eigenvalue weighted by molar-refractivity contribution is 6.83. The van der Waals surface area contributed by atoms with Crippen LogP contribution in [0.15, 0.2) is 66.3 Å². The van der Waals surface area contributed by atoms with E-state index in [0.717, 1.165) is 28.1 Å². The summed E-state index contributed by atoms with van der Waals surface area (Å²) in [5.74, 6) is 2.98. The van der Waals surface area contributed by atoms with Gasteiger partial charge in [0.2, 0.25) is 0 Å². The van der Waals surface area contributed by atoms with Crippen molar-refractivity contribution in [2.75, 3.05) is 38.0 Å². The van der Waals surface area contributed by atoms with Gasteiger partial charge in [-0.15, -0.1) is 5.54 Å². The fraction of sp³-hybridized carbons (Fsp3) is 0.286. The minimum atomic E-state index is -1.64. The predicted molar refractivity (Wildman–Crippen MR) is 143 cm³/mol. The summed E-state index contributed by atoms with van der Waals surface area (Å²) in [6.45, 7) is 6.54. The molecule has 2 aromatic rings. The molecule has 0 N–H and O–H groups in total. The summed E-state index contributed by atoms with van der Waals surface area (Å²) in [7, 11) is 6.43. The van der Waals surface area contributed by atoms with E-state index in [4.69, 9.17) is 0 Å². The van der Waals surface area contributed by atoms with Crippen LogP contribution in [0, 0.1) is 40.0 Å². The van der Waals surface area contributed by atoms with Gasteiger partial charge in [-0.3, -0.25) is 0 Å². The van der Waals surface area contributed by atoms with Crippen molar-refractivity contribution < 1.29 is 0 Å². The number of hydrogen-bond acceptors (Lipinski definition) is 4. The lowest BCUT2D eigenvalue weighted by Crippen LogP contribution is -2.16. The third kappa shape index (κ3) is 7.72. The van der Waals surface area contributed by atoms with E-state index in [1.165, 1.54) is 0 Å². The van der Waals surface area contributed by atoms with Gasteiger partial charge in [0.15, 0.2) is 0 Å². The number of allylic oxidation sites excluding steroid dienone is 3. The number of nitriles is 2. The lowest BCUT2D eigenvalue weighted by molar-refractivity contribution is 1.11. The van der Waals surface area contributed by atoms with Gasteiger partial charge in [-0.2, -0.15) is 10.5 Å². The van der Waals surface area contributed by atoms with Crippen LogP contribution in [0.5, 0.6) is 0 Å². The van der Waals surface area contributed by atoms with Crippen LogP contribution in [0.4, 0.5) is 11.4 Å². The Bertz CT molecular complexity index is 1090. The smallest absolute Gasteiger partial charge is 0.129 e. The molecular formula is C28H32N4Si. The number of anilines is 2. The molecule has 1 atom stereocenters. The maximum Gasteiger partial charge on any atom is 0.129 e. The highest BCUT2D eigenvalue weighted by Crippen LogP contribution is 2.29. The van der Waals surface area contributed by atoms with Gasteiger partial charge in [-0.25, -0.2) is 0 Å². The Labute approximate surface area is 200 Å². The molecule has 0 saturated heterocycles. The average molecular weight is 453 g/mol. The molecule has 0 spiro atoms. The lowest BCUT2D eigenvalue weighted by Gasteiger charge is -2.17.